The second-order valence-corrected chi connectivity index (χ2v) is 6.15. The molecule has 0 spiro atoms. The van der Waals surface area contributed by atoms with Gasteiger partial charge in [-0.05, 0) is 12.8 Å². The van der Waals surface area contributed by atoms with E-state index in [1.807, 2.05) is 19.9 Å². The first-order valence-electron chi connectivity index (χ1n) is 7.99. The fourth-order valence-corrected chi connectivity index (χ4v) is 2.26. The molecule has 2 aromatic heterocycles. The molecule has 1 aliphatic rings. The summed E-state index contributed by atoms with van der Waals surface area (Å²) in [7, 11) is 0. The minimum Gasteiger partial charge on any atom is -0.340 e. The molecule has 0 unspecified atom stereocenters. The lowest BCUT2D eigenvalue weighted by Gasteiger charge is -2.10. The number of anilines is 2. The van der Waals surface area contributed by atoms with Crippen LogP contribution in [0.25, 0.3) is 0 Å². The highest BCUT2D eigenvalue weighted by Gasteiger charge is 2.25. The molecule has 2 aromatic rings. The zero-order valence-electron chi connectivity index (χ0n) is 13.8. The number of aromatic nitrogens is 4. The van der Waals surface area contributed by atoms with Crippen molar-refractivity contribution in [1.82, 2.24) is 25.5 Å². The first kappa shape index (κ1) is 16.0. The van der Waals surface area contributed by atoms with Crippen LogP contribution in [0.4, 0.5) is 11.6 Å². The monoisotopic (exact) mass is 324 g/mol. The summed E-state index contributed by atoms with van der Waals surface area (Å²) >= 11 is 0. The van der Waals surface area contributed by atoms with E-state index >= 15 is 0 Å². The quantitative estimate of drug-likeness (QED) is 0.709. The molecule has 1 saturated carbocycles. The summed E-state index contributed by atoms with van der Waals surface area (Å²) in [4.78, 5) is 20.9. The first-order valence-corrected chi connectivity index (χ1v) is 7.99. The van der Waals surface area contributed by atoms with Gasteiger partial charge in [-0.1, -0.05) is 19.8 Å². The normalized spacial score (nSPS) is 13.6. The highest BCUT2D eigenvalue weighted by molar-refractivity contribution is 5.93. The number of carbonyl (C=O) groups excluding carboxylic acids is 1. The van der Waals surface area contributed by atoms with Crippen LogP contribution in [0.2, 0.25) is 0 Å². The summed E-state index contributed by atoms with van der Waals surface area (Å²) in [5, 5.41) is 13.0. The third kappa shape index (κ3) is 3.71. The van der Waals surface area contributed by atoms with Gasteiger partial charge in [0.25, 0.3) is 5.91 Å². The van der Waals surface area contributed by atoms with Gasteiger partial charge >= 0.3 is 0 Å². The van der Waals surface area contributed by atoms with E-state index in [2.05, 4.69) is 36.7 Å². The molecule has 3 N–H and O–H groups in total. The molecule has 24 heavy (non-hydrogen) atoms. The Hall–Kier alpha value is -2.88. The van der Waals surface area contributed by atoms with Crippen LogP contribution in [0, 0.1) is 12.3 Å². The van der Waals surface area contributed by atoms with Crippen LogP contribution >= 0.6 is 0 Å². The molecule has 0 bridgehead atoms. The second kappa shape index (κ2) is 6.71. The van der Waals surface area contributed by atoms with Crippen molar-refractivity contribution in [3.63, 3.8) is 0 Å². The highest BCUT2D eigenvalue weighted by Crippen LogP contribution is 2.39. The van der Waals surface area contributed by atoms with E-state index in [1.165, 1.54) is 12.8 Å². The maximum absolute atomic E-state index is 12.1. The van der Waals surface area contributed by atoms with Crippen molar-refractivity contribution in [2.45, 2.75) is 38.5 Å². The predicted octanol–water partition coefficient (Wildman–Crippen LogP) is 2.31. The Labute approximate surface area is 140 Å². The first-order chi connectivity index (χ1) is 11.6. The third-order valence-corrected chi connectivity index (χ3v) is 3.71. The van der Waals surface area contributed by atoms with Crippen molar-refractivity contribution in [2.24, 2.45) is 0 Å². The molecule has 0 aromatic carbocycles. The van der Waals surface area contributed by atoms with Gasteiger partial charge in [-0.3, -0.25) is 9.89 Å². The maximum atomic E-state index is 12.1. The van der Waals surface area contributed by atoms with Crippen LogP contribution in [-0.4, -0.2) is 32.6 Å². The summed E-state index contributed by atoms with van der Waals surface area (Å²) in [6.45, 7) is 4.11. The van der Waals surface area contributed by atoms with Gasteiger partial charge < -0.3 is 10.6 Å². The number of carbonyl (C=O) groups is 1. The van der Waals surface area contributed by atoms with Crippen molar-refractivity contribution >= 4 is 17.5 Å². The molecule has 0 saturated heterocycles. The van der Waals surface area contributed by atoms with Crippen LogP contribution in [-0.2, 0) is 0 Å². The summed E-state index contributed by atoms with van der Waals surface area (Å²) in [5.41, 5.74) is 1.41. The second-order valence-electron chi connectivity index (χ2n) is 6.15. The standard InChI is InChI=1S/C17H20N6O/c1-4-7-18-17(24)13-9-14(21-16(19-13)10(2)3)20-15-8-12(22-23-15)11-5-6-11/h1,8-11H,5-7H2,2-3H3,(H,18,24)(H2,19,20,21,22,23). The Bertz CT molecular complexity index is 785. The van der Waals surface area contributed by atoms with Gasteiger partial charge in [-0.15, -0.1) is 6.42 Å². The Kier molecular flexibility index (Phi) is 4.47. The number of amides is 1. The van der Waals surface area contributed by atoms with Gasteiger partial charge in [0.05, 0.1) is 6.54 Å². The van der Waals surface area contributed by atoms with Gasteiger partial charge in [-0.2, -0.15) is 5.10 Å². The van der Waals surface area contributed by atoms with Gasteiger partial charge in [-0.25, -0.2) is 9.97 Å². The summed E-state index contributed by atoms with van der Waals surface area (Å²) in [6.07, 6.45) is 7.58. The van der Waals surface area contributed by atoms with Gasteiger partial charge in [0.2, 0.25) is 0 Å². The Balaban J connectivity index is 1.83. The van der Waals surface area contributed by atoms with E-state index in [0.717, 1.165) is 5.69 Å². The van der Waals surface area contributed by atoms with E-state index in [4.69, 9.17) is 6.42 Å². The molecule has 0 atom stereocenters. The van der Waals surface area contributed by atoms with Gasteiger partial charge in [0.15, 0.2) is 5.82 Å². The molecule has 0 aliphatic heterocycles. The van der Waals surface area contributed by atoms with Crippen molar-refractivity contribution in [2.75, 3.05) is 11.9 Å². The van der Waals surface area contributed by atoms with Crippen molar-refractivity contribution in [3.8, 4) is 12.3 Å². The lowest BCUT2D eigenvalue weighted by molar-refractivity contribution is 0.0953. The lowest BCUT2D eigenvalue weighted by atomic mass is 10.2. The van der Waals surface area contributed by atoms with E-state index < -0.39 is 0 Å². The molecular formula is C17H20N6O. The fourth-order valence-electron chi connectivity index (χ4n) is 2.26. The van der Waals surface area contributed by atoms with E-state index in [0.29, 0.717) is 23.4 Å². The van der Waals surface area contributed by atoms with E-state index in [1.54, 1.807) is 6.07 Å². The topological polar surface area (TPSA) is 95.6 Å². The van der Waals surface area contributed by atoms with Crippen LogP contribution in [0.15, 0.2) is 12.1 Å². The number of terminal acetylenes is 1. The number of nitrogens with zero attached hydrogens (tertiary/aromatic N) is 3. The number of hydrogen-bond acceptors (Lipinski definition) is 5. The Morgan fingerprint density at radius 1 is 1.38 bits per heavy atom. The summed E-state index contributed by atoms with van der Waals surface area (Å²) in [6, 6.07) is 3.58. The summed E-state index contributed by atoms with van der Waals surface area (Å²) in [5.74, 6) is 4.54. The molecule has 1 amide bonds. The number of rotatable bonds is 6. The number of nitrogens with one attached hydrogen (secondary N) is 3. The highest BCUT2D eigenvalue weighted by atomic mass is 16.1. The van der Waals surface area contributed by atoms with Crippen molar-refractivity contribution in [3.05, 3.63) is 29.3 Å². The van der Waals surface area contributed by atoms with Crippen LogP contribution in [0.3, 0.4) is 0 Å². The number of hydrogen-bond donors (Lipinski definition) is 3. The third-order valence-electron chi connectivity index (χ3n) is 3.71. The average molecular weight is 324 g/mol. The molecule has 1 fully saturated rings. The van der Waals surface area contributed by atoms with Crippen LogP contribution < -0.4 is 10.6 Å². The molecule has 7 heteroatoms. The average Bonchev–Trinajstić information content (AvgIpc) is 3.32. The van der Waals surface area contributed by atoms with Crippen molar-refractivity contribution in [1.29, 1.82) is 0 Å². The van der Waals surface area contributed by atoms with E-state index in [-0.39, 0.29) is 24.1 Å². The number of H-pyrrole nitrogens is 1. The Morgan fingerprint density at radius 2 is 2.17 bits per heavy atom. The molecular weight excluding hydrogens is 304 g/mol. The largest absolute Gasteiger partial charge is 0.340 e. The smallest absolute Gasteiger partial charge is 0.270 e. The van der Waals surface area contributed by atoms with Crippen molar-refractivity contribution < 1.29 is 4.79 Å². The zero-order valence-corrected chi connectivity index (χ0v) is 13.8. The molecule has 7 nitrogen and oxygen atoms in total. The Morgan fingerprint density at radius 3 is 2.83 bits per heavy atom. The lowest BCUT2D eigenvalue weighted by Crippen LogP contribution is -2.25. The van der Waals surface area contributed by atoms with E-state index in [9.17, 15) is 4.79 Å². The minimum absolute atomic E-state index is 0.0899. The molecule has 2 heterocycles. The molecule has 1 aliphatic carbocycles. The molecule has 3 rings (SSSR count). The summed E-state index contributed by atoms with van der Waals surface area (Å²) < 4.78 is 0. The van der Waals surface area contributed by atoms with Crippen LogP contribution in [0.1, 0.15) is 60.5 Å². The zero-order chi connectivity index (χ0) is 17.1. The van der Waals surface area contributed by atoms with Gasteiger partial charge in [0.1, 0.15) is 17.3 Å². The number of aromatic amines is 1. The van der Waals surface area contributed by atoms with Gasteiger partial charge in [0, 0.05) is 29.7 Å². The maximum Gasteiger partial charge on any atom is 0.270 e. The SMILES string of the molecule is C#CCNC(=O)c1cc(Nc2cc(C3CC3)[nH]n2)nc(C(C)C)n1. The predicted molar refractivity (Wildman–Crippen MR) is 91.1 cm³/mol. The molecule has 0 radical (unpaired) electrons. The van der Waals surface area contributed by atoms with Crippen LogP contribution in [0.5, 0.6) is 0 Å². The minimum atomic E-state index is -0.319. The fraction of sp³-hybridized carbons (Fsp3) is 0.412. The molecule has 124 valence electrons.